The summed E-state index contributed by atoms with van der Waals surface area (Å²) in [7, 11) is 6.67. The molecule has 2 saturated carbocycles. The smallest absolute Gasteiger partial charge is 0.264 e. The van der Waals surface area contributed by atoms with Crippen LogP contribution in [0.2, 0.25) is 0 Å². The van der Waals surface area contributed by atoms with Gasteiger partial charge in [0.15, 0.2) is 11.2 Å². The summed E-state index contributed by atoms with van der Waals surface area (Å²) in [6.07, 6.45) is 6.58. The molecule has 252 valence electrons. The van der Waals surface area contributed by atoms with Gasteiger partial charge in [0.1, 0.15) is 11.4 Å². The zero-order valence-electron chi connectivity index (χ0n) is 28.1. The van der Waals surface area contributed by atoms with Gasteiger partial charge in [-0.3, -0.25) is 14.3 Å². The van der Waals surface area contributed by atoms with E-state index in [1.165, 1.54) is 29.1 Å². The largest absolute Gasteiger partial charge is 0.497 e. The number of nitrogens with one attached hydrogen (secondary N) is 1. The fourth-order valence-corrected chi connectivity index (χ4v) is 8.92. The number of carbonyl (C=O) groups is 2. The van der Waals surface area contributed by atoms with Crippen LogP contribution in [0.3, 0.4) is 0 Å². The van der Waals surface area contributed by atoms with Gasteiger partial charge in [-0.25, -0.2) is 8.51 Å². The lowest BCUT2D eigenvalue weighted by Gasteiger charge is -2.41. The van der Waals surface area contributed by atoms with E-state index in [9.17, 15) is 13.8 Å². The molecule has 0 radical (unpaired) electrons. The fraction of sp³-hybridized carbons (Fsp3) is 0.556. The van der Waals surface area contributed by atoms with Crippen LogP contribution in [0.1, 0.15) is 78.8 Å². The lowest BCUT2D eigenvalue weighted by molar-refractivity contribution is -0.161. The first kappa shape index (κ1) is 32.3. The molecular formula is C36H46N4O6S. The topological polar surface area (TPSA) is 102 Å². The van der Waals surface area contributed by atoms with Crippen molar-refractivity contribution in [3.05, 3.63) is 53.1 Å². The minimum Gasteiger partial charge on any atom is -0.497 e. The third-order valence-corrected chi connectivity index (χ3v) is 11.8. The van der Waals surface area contributed by atoms with Crippen molar-refractivity contribution in [2.24, 2.45) is 5.41 Å². The number of fused-ring (bicyclic) bond motifs is 7. The molecule has 47 heavy (non-hydrogen) atoms. The zero-order valence-corrected chi connectivity index (χ0v) is 28.9. The number of amides is 2. The van der Waals surface area contributed by atoms with Gasteiger partial charge in [-0.2, -0.15) is 0 Å². The van der Waals surface area contributed by atoms with Crippen LogP contribution < -0.4 is 9.46 Å². The third-order valence-electron chi connectivity index (χ3n) is 10.8. The van der Waals surface area contributed by atoms with Crippen LogP contribution >= 0.6 is 0 Å². The van der Waals surface area contributed by atoms with Gasteiger partial charge in [0.05, 0.1) is 38.0 Å². The molecule has 2 aliphatic carbocycles. The van der Waals surface area contributed by atoms with Crippen LogP contribution in [0.15, 0.2) is 36.4 Å². The maximum atomic E-state index is 14.8. The third kappa shape index (κ3) is 5.58. The molecule has 1 N–H and O–H groups in total. The lowest BCUT2D eigenvalue weighted by Crippen LogP contribution is -2.56. The number of benzene rings is 2. The molecule has 2 aliphatic heterocycles. The van der Waals surface area contributed by atoms with Gasteiger partial charge in [-0.1, -0.05) is 25.3 Å². The molecule has 1 aromatic heterocycles. The summed E-state index contributed by atoms with van der Waals surface area (Å²) in [4.78, 5) is 30.1. The molecule has 1 saturated heterocycles. The van der Waals surface area contributed by atoms with E-state index < -0.39 is 28.1 Å². The first-order chi connectivity index (χ1) is 22.6. The van der Waals surface area contributed by atoms with Crippen molar-refractivity contribution in [2.75, 3.05) is 54.6 Å². The molecule has 7 rings (SSSR count). The Bertz CT molecular complexity index is 1740. The number of hydrogen-bond acceptors (Lipinski definition) is 6. The van der Waals surface area contributed by atoms with Crippen molar-refractivity contribution in [2.45, 2.75) is 69.4 Å². The van der Waals surface area contributed by atoms with Gasteiger partial charge in [0.2, 0.25) is 5.91 Å². The van der Waals surface area contributed by atoms with Crippen LogP contribution in [0.5, 0.6) is 5.75 Å². The number of nitrogens with zero attached hydrogens (tertiary/aromatic N) is 3. The molecule has 4 atom stereocenters. The standard InChI is InChI=1S/C36H46N4O6S/c1-35(22-44-4)20-39(15-16-46-35)34(42)36-19-29(36)28-18-25(45-5)12-14-26(28)32-31(23-9-7-6-8-10-23)27-13-11-24(17-30(27)40(32)21-36)33(41)37-47(43)38(2)3/h11-14,17-18,23,29H,6-10,15-16,19-22H2,1-5H3,(H,37,41)/t29?,35-,36?,47?/m0/s1. The zero-order chi connectivity index (χ0) is 33.1. The minimum atomic E-state index is -1.65. The molecule has 2 amide bonds. The molecule has 10 nitrogen and oxygen atoms in total. The first-order valence-corrected chi connectivity index (χ1v) is 17.9. The normalized spacial score (nSPS) is 26.3. The van der Waals surface area contributed by atoms with E-state index in [0.29, 0.717) is 44.3 Å². The highest BCUT2D eigenvalue weighted by atomic mass is 32.2. The van der Waals surface area contributed by atoms with Crippen LogP contribution in [-0.4, -0.2) is 90.0 Å². The van der Waals surface area contributed by atoms with Crippen molar-refractivity contribution in [3.63, 3.8) is 0 Å². The highest BCUT2D eigenvalue weighted by molar-refractivity contribution is 7.81. The molecular weight excluding hydrogens is 616 g/mol. The molecule has 3 heterocycles. The average molecular weight is 663 g/mol. The molecule has 2 aromatic carbocycles. The molecule has 3 unspecified atom stereocenters. The van der Waals surface area contributed by atoms with E-state index >= 15 is 0 Å². The molecule has 4 aliphatic rings. The SMILES string of the molecule is COC[C@]1(C)CN(C(=O)C23CC2c2cc(OC)ccc2-c2c(C4CCCCC4)c4ccc(C(=O)NS(=O)N(C)C)cc4n2C3)CCO1. The van der Waals surface area contributed by atoms with Gasteiger partial charge in [-0.15, -0.1) is 0 Å². The number of methoxy groups -OCH3 is 2. The fourth-order valence-electron chi connectivity index (χ4n) is 8.46. The molecule has 0 spiro atoms. The number of rotatable bonds is 8. The number of morpholine rings is 1. The number of hydrogen-bond donors (Lipinski definition) is 1. The van der Waals surface area contributed by atoms with E-state index in [2.05, 4.69) is 27.5 Å². The van der Waals surface area contributed by atoms with Crippen molar-refractivity contribution in [3.8, 4) is 17.0 Å². The quantitative estimate of drug-likeness (QED) is 0.365. The van der Waals surface area contributed by atoms with Crippen molar-refractivity contribution in [1.82, 2.24) is 18.5 Å². The second-order valence-electron chi connectivity index (χ2n) is 14.2. The number of aromatic nitrogens is 1. The van der Waals surface area contributed by atoms with E-state index in [-0.39, 0.29) is 11.8 Å². The Balaban J connectivity index is 1.40. The number of ether oxygens (including phenoxy) is 3. The van der Waals surface area contributed by atoms with Crippen molar-refractivity contribution < 1.29 is 28.0 Å². The monoisotopic (exact) mass is 662 g/mol. The van der Waals surface area contributed by atoms with Crippen molar-refractivity contribution in [1.29, 1.82) is 0 Å². The second-order valence-corrected chi connectivity index (χ2v) is 15.7. The van der Waals surface area contributed by atoms with Crippen LogP contribution in [0.4, 0.5) is 0 Å². The molecule has 3 fully saturated rings. The Morgan fingerprint density at radius 1 is 1.09 bits per heavy atom. The van der Waals surface area contributed by atoms with E-state index in [0.717, 1.165) is 52.7 Å². The summed E-state index contributed by atoms with van der Waals surface area (Å²) in [6, 6.07) is 12.2. The summed E-state index contributed by atoms with van der Waals surface area (Å²) < 4.78 is 36.2. The van der Waals surface area contributed by atoms with E-state index in [4.69, 9.17) is 14.2 Å². The predicted molar refractivity (Wildman–Crippen MR) is 182 cm³/mol. The molecule has 11 heteroatoms. The maximum Gasteiger partial charge on any atom is 0.264 e. The van der Waals surface area contributed by atoms with Crippen LogP contribution in [0, 0.1) is 5.41 Å². The van der Waals surface area contributed by atoms with Gasteiger partial charge >= 0.3 is 0 Å². The predicted octanol–water partition coefficient (Wildman–Crippen LogP) is 4.99. The van der Waals surface area contributed by atoms with E-state index in [1.807, 2.05) is 30.0 Å². The Morgan fingerprint density at radius 3 is 2.60 bits per heavy atom. The minimum absolute atomic E-state index is 0.0415. The Kier molecular flexibility index (Phi) is 8.47. The Morgan fingerprint density at radius 2 is 1.87 bits per heavy atom. The van der Waals surface area contributed by atoms with Crippen LogP contribution in [0.25, 0.3) is 22.2 Å². The summed E-state index contributed by atoms with van der Waals surface area (Å²) in [6.45, 7) is 4.41. The summed E-state index contributed by atoms with van der Waals surface area (Å²) in [5.74, 6) is 0.959. The van der Waals surface area contributed by atoms with Gasteiger partial charge in [0.25, 0.3) is 5.91 Å². The highest BCUT2D eigenvalue weighted by Crippen LogP contribution is 2.66. The van der Waals surface area contributed by atoms with E-state index in [1.54, 1.807) is 28.3 Å². The summed E-state index contributed by atoms with van der Waals surface area (Å²) in [5, 5.41) is 1.12. The lowest BCUT2D eigenvalue weighted by atomic mass is 9.81. The summed E-state index contributed by atoms with van der Waals surface area (Å²) in [5.41, 5.74) is 4.95. The van der Waals surface area contributed by atoms with Crippen molar-refractivity contribution >= 4 is 33.9 Å². The Labute approximate surface area is 279 Å². The van der Waals surface area contributed by atoms with Gasteiger partial charge in [-0.05, 0) is 73.6 Å². The highest BCUT2D eigenvalue weighted by Gasteiger charge is 2.64. The average Bonchev–Trinajstić information content (AvgIpc) is 3.74. The van der Waals surface area contributed by atoms with Gasteiger partial charge in [0, 0.05) is 62.2 Å². The Hall–Kier alpha value is -3.25. The summed E-state index contributed by atoms with van der Waals surface area (Å²) >= 11 is -1.65. The van der Waals surface area contributed by atoms with Crippen LogP contribution in [-0.2, 0) is 32.0 Å². The maximum absolute atomic E-state index is 14.8. The molecule has 3 aromatic rings. The molecule has 0 bridgehead atoms. The first-order valence-electron chi connectivity index (χ1n) is 16.8. The number of carbonyl (C=O) groups excluding carboxylic acids is 2. The second kappa shape index (κ2) is 12.3. The van der Waals surface area contributed by atoms with Gasteiger partial charge < -0.3 is 23.7 Å².